The lowest BCUT2D eigenvalue weighted by molar-refractivity contribution is -0.162. The molecule has 9 heteroatoms. The average molecular weight is 270 g/mol. The minimum atomic E-state index is -4.58. The number of halogens is 3. The number of urea groups is 1. The molecule has 1 fully saturated rings. The second-order valence-corrected chi connectivity index (χ2v) is 4.23. The van der Waals surface area contributed by atoms with Crippen molar-refractivity contribution >= 4 is 12.0 Å². The van der Waals surface area contributed by atoms with Crippen molar-refractivity contribution in [1.29, 1.82) is 0 Å². The molecule has 0 saturated heterocycles. The van der Waals surface area contributed by atoms with E-state index in [9.17, 15) is 22.8 Å². The number of aliphatic hydroxyl groups excluding tert-OH is 1. The highest BCUT2D eigenvalue weighted by molar-refractivity contribution is 5.83. The molecule has 1 saturated carbocycles. The maximum Gasteiger partial charge on any atom is 0.411 e. The highest BCUT2D eigenvalue weighted by Gasteiger charge is 2.64. The van der Waals surface area contributed by atoms with Crippen molar-refractivity contribution in [3.63, 3.8) is 0 Å². The Kier molecular flexibility index (Phi) is 3.75. The van der Waals surface area contributed by atoms with E-state index in [2.05, 4.69) is 0 Å². The van der Waals surface area contributed by atoms with Crippen molar-refractivity contribution in [2.45, 2.75) is 43.6 Å². The third kappa shape index (κ3) is 3.03. The van der Waals surface area contributed by atoms with Crippen LogP contribution in [0, 0.1) is 0 Å². The van der Waals surface area contributed by atoms with Crippen LogP contribution in [0.25, 0.3) is 0 Å². The number of aliphatic carboxylic acids is 1. The summed E-state index contributed by atoms with van der Waals surface area (Å²) in [5.74, 6) is -1.53. The molecule has 0 heterocycles. The molecule has 4 N–H and O–H groups in total. The van der Waals surface area contributed by atoms with E-state index in [1.165, 1.54) is 0 Å². The maximum absolute atomic E-state index is 12.5. The average Bonchev–Trinajstić information content (AvgIpc) is 2.93. The third-order valence-corrected chi connectivity index (χ3v) is 2.68. The summed E-state index contributed by atoms with van der Waals surface area (Å²) in [7, 11) is 0. The Morgan fingerprint density at radius 2 is 1.83 bits per heavy atom. The van der Waals surface area contributed by atoms with E-state index >= 15 is 0 Å². The number of carboxylic acid groups (broad SMARTS) is 1. The van der Waals surface area contributed by atoms with Gasteiger partial charge in [0.05, 0.1) is 6.10 Å². The number of rotatable bonds is 4. The number of carboxylic acids is 1. The molecule has 2 unspecified atom stereocenters. The van der Waals surface area contributed by atoms with Crippen molar-refractivity contribution in [1.82, 2.24) is 10.6 Å². The van der Waals surface area contributed by atoms with Crippen molar-refractivity contribution in [2.24, 2.45) is 0 Å². The molecule has 104 valence electrons. The van der Waals surface area contributed by atoms with Crippen LogP contribution in [0.2, 0.25) is 0 Å². The molecule has 0 radical (unpaired) electrons. The summed E-state index contributed by atoms with van der Waals surface area (Å²) in [6.07, 6.45) is -6.48. The van der Waals surface area contributed by atoms with Gasteiger partial charge in [0, 0.05) is 0 Å². The van der Waals surface area contributed by atoms with E-state index in [0.717, 1.165) is 6.92 Å². The molecule has 0 spiro atoms. The zero-order chi connectivity index (χ0) is 14.1. The molecule has 2 atom stereocenters. The highest BCUT2D eigenvalue weighted by Crippen LogP contribution is 2.48. The number of amides is 2. The van der Waals surface area contributed by atoms with E-state index in [1.807, 2.05) is 0 Å². The van der Waals surface area contributed by atoms with E-state index in [-0.39, 0.29) is 12.8 Å². The summed E-state index contributed by atoms with van der Waals surface area (Å²) in [6.45, 7) is 1.11. The summed E-state index contributed by atoms with van der Waals surface area (Å²) in [4.78, 5) is 21.9. The van der Waals surface area contributed by atoms with Gasteiger partial charge in [-0.25, -0.2) is 9.59 Å². The first-order valence-corrected chi connectivity index (χ1v) is 5.15. The van der Waals surface area contributed by atoms with E-state index in [1.54, 1.807) is 10.6 Å². The smallest absolute Gasteiger partial charge is 0.411 e. The first kappa shape index (κ1) is 14.6. The monoisotopic (exact) mass is 270 g/mol. The van der Waals surface area contributed by atoms with Gasteiger partial charge in [0.2, 0.25) is 0 Å². The fourth-order valence-corrected chi connectivity index (χ4v) is 1.39. The molecule has 0 aromatic heterocycles. The Bertz CT molecular complexity index is 352. The van der Waals surface area contributed by atoms with Crippen LogP contribution < -0.4 is 10.6 Å². The summed E-state index contributed by atoms with van der Waals surface area (Å²) >= 11 is 0. The SMILES string of the molecule is CC(O)C(NC(=O)NC1(C(F)(F)F)CC1)C(=O)O. The summed E-state index contributed by atoms with van der Waals surface area (Å²) in [6, 6.07) is -2.92. The van der Waals surface area contributed by atoms with Gasteiger partial charge in [-0.2, -0.15) is 13.2 Å². The van der Waals surface area contributed by atoms with Crippen LogP contribution in [0.5, 0.6) is 0 Å². The minimum absolute atomic E-state index is 0.240. The van der Waals surface area contributed by atoms with E-state index in [0.29, 0.717) is 0 Å². The maximum atomic E-state index is 12.5. The van der Waals surface area contributed by atoms with E-state index in [4.69, 9.17) is 10.2 Å². The largest absolute Gasteiger partial charge is 0.480 e. The molecule has 0 aromatic rings. The third-order valence-electron chi connectivity index (χ3n) is 2.68. The minimum Gasteiger partial charge on any atom is -0.480 e. The van der Waals surface area contributed by atoms with Crippen molar-refractivity contribution in [3.8, 4) is 0 Å². The lowest BCUT2D eigenvalue weighted by atomic mass is 10.2. The Hall–Kier alpha value is -1.51. The van der Waals surface area contributed by atoms with Crippen LogP contribution in [0.3, 0.4) is 0 Å². The zero-order valence-corrected chi connectivity index (χ0v) is 9.41. The quantitative estimate of drug-likeness (QED) is 0.587. The first-order valence-electron chi connectivity index (χ1n) is 5.15. The lowest BCUT2D eigenvalue weighted by Gasteiger charge is -2.23. The Balaban J connectivity index is 2.60. The number of hydrogen-bond donors (Lipinski definition) is 4. The van der Waals surface area contributed by atoms with Crippen LogP contribution in [-0.2, 0) is 4.79 Å². The molecule has 0 aromatic carbocycles. The molecule has 1 aliphatic carbocycles. The topological polar surface area (TPSA) is 98.7 Å². The van der Waals surface area contributed by atoms with Gasteiger partial charge in [0.25, 0.3) is 0 Å². The molecule has 1 rings (SSSR count). The molecule has 2 amide bonds. The second-order valence-electron chi connectivity index (χ2n) is 4.23. The van der Waals surface area contributed by atoms with Gasteiger partial charge in [-0.1, -0.05) is 0 Å². The number of aliphatic hydroxyl groups is 1. The molecule has 0 aliphatic heterocycles. The number of nitrogens with one attached hydrogen (secondary N) is 2. The van der Waals surface area contributed by atoms with Crippen LogP contribution >= 0.6 is 0 Å². The van der Waals surface area contributed by atoms with Crippen molar-refractivity contribution < 1.29 is 33.0 Å². The fraction of sp³-hybridized carbons (Fsp3) is 0.778. The van der Waals surface area contributed by atoms with Crippen molar-refractivity contribution in [3.05, 3.63) is 0 Å². The number of hydrogen-bond acceptors (Lipinski definition) is 3. The van der Waals surface area contributed by atoms with Crippen LogP contribution in [0.4, 0.5) is 18.0 Å². The summed E-state index contributed by atoms with van der Waals surface area (Å²) < 4.78 is 37.5. The van der Waals surface area contributed by atoms with Gasteiger partial charge in [-0.15, -0.1) is 0 Å². The molecule has 6 nitrogen and oxygen atoms in total. The van der Waals surface area contributed by atoms with Gasteiger partial charge < -0.3 is 20.8 Å². The standard InChI is InChI=1S/C9H13F3N2O4/c1-4(15)5(6(16)17)13-7(18)14-8(2-3-8)9(10,11)12/h4-5,15H,2-3H2,1H3,(H,16,17)(H2,13,14,18). The predicted octanol–water partition coefficient (Wildman–Crippen LogP) is 0.214. The Morgan fingerprint density at radius 1 is 1.33 bits per heavy atom. The van der Waals surface area contributed by atoms with Crippen LogP contribution in [0.1, 0.15) is 19.8 Å². The lowest BCUT2D eigenvalue weighted by Crippen LogP contribution is -2.56. The predicted molar refractivity (Wildman–Crippen MR) is 52.8 cm³/mol. The number of alkyl halides is 3. The highest BCUT2D eigenvalue weighted by atomic mass is 19.4. The Morgan fingerprint density at radius 3 is 2.11 bits per heavy atom. The first-order chi connectivity index (χ1) is 8.09. The normalized spacial score (nSPS) is 20.7. The van der Waals surface area contributed by atoms with Gasteiger partial charge in [0.15, 0.2) is 6.04 Å². The van der Waals surface area contributed by atoms with Crippen LogP contribution in [-0.4, -0.2) is 46.1 Å². The molecule has 0 bridgehead atoms. The number of carbonyl (C=O) groups excluding carboxylic acids is 1. The molecular formula is C9H13F3N2O4. The van der Waals surface area contributed by atoms with Crippen LogP contribution in [0.15, 0.2) is 0 Å². The van der Waals surface area contributed by atoms with Gasteiger partial charge in [-0.3, -0.25) is 0 Å². The molecule has 18 heavy (non-hydrogen) atoms. The summed E-state index contributed by atoms with van der Waals surface area (Å²) in [5.41, 5.74) is -2.27. The second kappa shape index (κ2) is 4.63. The van der Waals surface area contributed by atoms with E-state index < -0.39 is 35.9 Å². The molecule has 1 aliphatic rings. The molecular weight excluding hydrogens is 257 g/mol. The zero-order valence-electron chi connectivity index (χ0n) is 9.41. The fourth-order valence-electron chi connectivity index (χ4n) is 1.39. The van der Waals surface area contributed by atoms with Gasteiger partial charge in [0.1, 0.15) is 5.54 Å². The van der Waals surface area contributed by atoms with Gasteiger partial charge in [-0.05, 0) is 19.8 Å². The number of carbonyl (C=O) groups is 2. The van der Waals surface area contributed by atoms with Crippen molar-refractivity contribution in [2.75, 3.05) is 0 Å². The Labute approximate surface area is 100 Å². The van der Waals surface area contributed by atoms with Gasteiger partial charge >= 0.3 is 18.2 Å². The summed E-state index contributed by atoms with van der Waals surface area (Å²) in [5, 5.41) is 21.2.